The van der Waals surface area contributed by atoms with E-state index < -0.39 is 0 Å². The van der Waals surface area contributed by atoms with Crippen LogP contribution in [0.3, 0.4) is 0 Å². The molecule has 1 nitrogen and oxygen atoms in total. The van der Waals surface area contributed by atoms with E-state index in [4.69, 9.17) is 4.89 Å². The summed E-state index contributed by atoms with van der Waals surface area (Å²) in [4.78, 5) is 6.92. The van der Waals surface area contributed by atoms with Gasteiger partial charge in [-0.05, 0) is 9.47 Å². The predicted molar refractivity (Wildman–Crippen MR) is 33.0 cm³/mol. The van der Waals surface area contributed by atoms with Crippen LogP contribution < -0.4 is 0 Å². The fraction of sp³-hybridized carbons (Fsp3) is 0. The third kappa shape index (κ3) is 13.1. The van der Waals surface area contributed by atoms with Crippen LogP contribution in [0.2, 0.25) is 0 Å². The van der Waals surface area contributed by atoms with Gasteiger partial charge in [0.1, 0.15) is 0 Å². The third-order valence-electron chi connectivity index (χ3n) is 0. The molecule has 0 bridgehead atoms. The minimum Gasteiger partial charge on any atom is -0.380 e. The van der Waals surface area contributed by atoms with Gasteiger partial charge in [-0.15, -0.1) is 0 Å². The average molecular weight is 97.8 g/mol. The summed E-state index contributed by atoms with van der Waals surface area (Å²) in [5.41, 5.74) is 0. The van der Waals surface area contributed by atoms with Gasteiger partial charge in [0.05, 0.1) is 8.41 Å². The quantitative estimate of drug-likeness (QED) is 0.293. The van der Waals surface area contributed by atoms with Crippen molar-refractivity contribution in [1.82, 2.24) is 0 Å². The van der Waals surface area contributed by atoms with Crippen LogP contribution in [0.15, 0.2) is 0 Å². The molecular formula is H9BOP2. The lowest BCUT2D eigenvalue weighted by Gasteiger charge is -1.21. The van der Waals surface area contributed by atoms with E-state index in [0.717, 1.165) is 0 Å². The second kappa shape index (κ2) is 41.3. The van der Waals surface area contributed by atoms with Crippen LogP contribution in [0.4, 0.5) is 0 Å². The van der Waals surface area contributed by atoms with E-state index in [9.17, 15) is 0 Å². The molecule has 0 aliphatic heterocycles. The van der Waals surface area contributed by atoms with Crippen molar-refractivity contribution in [2.75, 3.05) is 0 Å². The van der Waals surface area contributed by atoms with E-state index in [1.165, 1.54) is 9.47 Å². The Kier molecular flexibility index (Phi) is 214. The molecule has 4 heteroatoms. The molecule has 0 radical (unpaired) electrons. The normalized spacial score (nSPS) is 1.50. The Morgan fingerprint density at radius 1 is 1.25 bits per heavy atom. The lowest BCUT2D eigenvalue weighted by atomic mass is 10.8. The Labute approximate surface area is 33.7 Å². The van der Waals surface area contributed by atoms with Gasteiger partial charge in [-0.2, -0.15) is 9.90 Å². The van der Waals surface area contributed by atoms with Gasteiger partial charge in [-0.1, -0.05) is 0 Å². The Morgan fingerprint density at radius 3 is 1.25 bits per heavy atom. The van der Waals surface area contributed by atoms with Gasteiger partial charge in [-0.3, -0.25) is 0 Å². The maximum Gasteiger partial charge on any atom is 0.0814 e. The van der Waals surface area contributed by atoms with Crippen LogP contribution in [-0.4, -0.2) is 13.3 Å². The van der Waals surface area contributed by atoms with Crippen molar-refractivity contribution in [2.24, 2.45) is 0 Å². The van der Waals surface area contributed by atoms with Crippen molar-refractivity contribution in [3.05, 3.63) is 0 Å². The van der Waals surface area contributed by atoms with Crippen LogP contribution in [-0.2, 0) is 0 Å². The zero-order valence-electron chi connectivity index (χ0n) is 1.73. The van der Waals surface area contributed by atoms with Crippen LogP contribution in [0.5, 0.6) is 0 Å². The Balaban J connectivity index is -0.00000000500. The van der Waals surface area contributed by atoms with Gasteiger partial charge in [0.2, 0.25) is 0 Å². The highest BCUT2D eigenvalue weighted by Crippen LogP contribution is 1.44. The van der Waals surface area contributed by atoms with E-state index >= 15 is 0 Å². The highest BCUT2D eigenvalue weighted by Gasteiger charge is 0.825. The molecule has 0 heterocycles. The molecule has 0 fully saturated rings. The summed E-state index contributed by atoms with van der Waals surface area (Å²) in [7, 11) is 1.42. The zero-order chi connectivity index (χ0) is 2.00. The van der Waals surface area contributed by atoms with E-state index in [1.807, 2.05) is 0 Å². The van der Waals surface area contributed by atoms with Crippen LogP contribution in [0.1, 0.15) is 0 Å². The molecule has 0 aliphatic carbocycles. The molecule has 2 unspecified atom stereocenters. The molecule has 0 rings (SSSR count). The summed E-state index contributed by atoms with van der Waals surface area (Å²) in [5.74, 6) is 0. The molecule has 1 N–H and O–H groups in total. The molecule has 0 saturated carbocycles. The van der Waals surface area contributed by atoms with Gasteiger partial charge < -0.3 is 4.89 Å². The molecule has 0 aromatic carbocycles. The van der Waals surface area contributed by atoms with Gasteiger partial charge >= 0.3 is 0 Å². The predicted octanol–water partition coefficient (Wildman–Crippen LogP) is -1.36. The van der Waals surface area contributed by atoms with Gasteiger partial charge in [0.15, 0.2) is 0 Å². The molecule has 0 saturated heterocycles. The molecule has 2 atom stereocenters. The van der Waals surface area contributed by atoms with Gasteiger partial charge in [-0.25, -0.2) is 0 Å². The number of rotatable bonds is 0. The first kappa shape index (κ1) is 20.8. The molecule has 4 heavy (non-hydrogen) atoms. The first-order valence-corrected chi connectivity index (χ1v) is 0.775. The minimum atomic E-state index is 0. The molecule has 0 aromatic heterocycles. The van der Waals surface area contributed by atoms with Gasteiger partial charge in [0, 0.05) is 0 Å². The Hall–Kier alpha value is 0.885. The average Bonchev–Trinajstić information content (AvgIpc) is 1.00. The Morgan fingerprint density at radius 2 is 1.25 bits per heavy atom. The van der Waals surface area contributed by atoms with Crippen molar-refractivity contribution in [3.63, 3.8) is 0 Å². The van der Waals surface area contributed by atoms with Crippen LogP contribution in [0, 0.1) is 0 Å². The summed E-state index contributed by atoms with van der Waals surface area (Å²) in [6.45, 7) is 0. The maximum absolute atomic E-state index is 6.92. The lowest BCUT2D eigenvalue weighted by Crippen LogP contribution is -0.868. The van der Waals surface area contributed by atoms with Crippen molar-refractivity contribution >= 4 is 27.8 Å². The summed E-state index contributed by atoms with van der Waals surface area (Å²) in [5, 5.41) is 0. The van der Waals surface area contributed by atoms with Gasteiger partial charge in [0.25, 0.3) is 0 Å². The second-order valence-electron chi connectivity index (χ2n) is 0. The van der Waals surface area contributed by atoms with E-state index in [-0.39, 0.29) is 18.3 Å². The zero-order valence-corrected chi connectivity index (χ0v) is 4.30. The summed E-state index contributed by atoms with van der Waals surface area (Å²) < 4.78 is 0. The van der Waals surface area contributed by atoms with E-state index in [0.29, 0.717) is 0 Å². The Bertz CT molecular complexity index is 6.00. The molecule has 0 aromatic rings. The van der Waals surface area contributed by atoms with Crippen molar-refractivity contribution in [1.29, 1.82) is 0 Å². The van der Waals surface area contributed by atoms with Crippen molar-refractivity contribution in [2.45, 2.75) is 0 Å². The topological polar surface area (TPSA) is 20.2 Å². The monoisotopic (exact) mass is 98.0 g/mol. The molecule has 28 valence electrons. The third-order valence-corrected chi connectivity index (χ3v) is 0. The number of hydrogen-bond acceptors (Lipinski definition) is 1. The summed E-state index contributed by atoms with van der Waals surface area (Å²) >= 11 is 0. The van der Waals surface area contributed by atoms with Crippen LogP contribution in [0.25, 0.3) is 0 Å². The molecule has 0 amide bonds. The van der Waals surface area contributed by atoms with E-state index in [2.05, 4.69) is 0 Å². The summed E-state index contributed by atoms with van der Waals surface area (Å²) in [6.07, 6.45) is 0. The molecule has 0 aliphatic rings. The SMILES string of the molecule is B.OP.P. The first-order chi connectivity index (χ1) is 1.00. The highest BCUT2D eigenvalue weighted by atomic mass is 31.0. The first-order valence-electron chi connectivity index (χ1n) is 0.258. The van der Waals surface area contributed by atoms with Crippen molar-refractivity contribution < 1.29 is 4.89 Å². The second-order valence-corrected chi connectivity index (χ2v) is 0. The largest absolute Gasteiger partial charge is 0.380 e. The standard InChI is InChI=1S/BH3.H3OP.H3P/c;1-2;/h1H3;1H,2H2;1H3. The smallest absolute Gasteiger partial charge is 0.0814 e. The van der Waals surface area contributed by atoms with Crippen LogP contribution >= 0.6 is 19.4 Å². The molecular weight excluding hydrogens is 88.8 g/mol. The number of hydrogen-bond donors (Lipinski definition) is 1. The fourth-order valence-electron chi connectivity index (χ4n) is 0. The molecule has 0 spiro atoms. The minimum absolute atomic E-state index is 0. The lowest BCUT2D eigenvalue weighted by molar-refractivity contribution is 0.664. The summed E-state index contributed by atoms with van der Waals surface area (Å²) in [6, 6.07) is 0. The maximum atomic E-state index is 6.92. The van der Waals surface area contributed by atoms with E-state index in [1.54, 1.807) is 0 Å². The van der Waals surface area contributed by atoms with Crippen molar-refractivity contribution in [3.8, 4) is 0 Å². The highest BCUT2D eigenvalue weighted by molar-refractivity contribution is 7.08. The fourth-order valence-corrected chi connectivity index (χ4v) is 0.